The number of hydrogen-bond donors (Lipinski definition) is 2. The third-order valence-electron chi connectivity index (χ3n) is 4.34. The first-order chi connectivity index (χ1) is 12.4. The van der Waals surface area contributed by atoms with Crippen LogP contribution in [0.5, 0.6) is 0 Å². The number of rotatable bonds is 8. The second-order valence-electron chi connectivity index (χ2n) is 6.54. The number of sulfonamides is 1. The molecule has 0 amide bonds. The largest absolute Gasteiger partial charge is 0.379 e. The quantitative estimate of drug-likeness (QED) is 0.517. The van der Waals surface area contributed by atoms with Gasteiger partial charge in [0, 0.05) is 24.8 Å². The molecule has 1 aromatic carbocycles. The van der Waals surface area contributed by atoms with Gasteiger partial charge in [-0.3, -0.25) is 0 Å². The Morgan fingerprint density at radius 3 is 2.50 bits per heavy atom. The van der Waals surface area contributed by atoms with Crippen LogP contribution in [0, 0.1) is 0 Å². The molecule has 2 rings (SSSR count). The Balaban J connectivity index is 1.89. The summed E-state index contributed by atoms with van der Waals surface area (Å²) in [6.07, 6.45) is 4.69. The third-order valence-corrected chi connectivity index (χ3v) is 6.47. The van der Waals surface area contributed by atoms with Crippen molar-refractivity contribution in [1.29, 1.82) is 0 Å². The molecule has 2 N–H and O–H groups in total. The normalized spacial score (nSPS) is 16.8. The molecule has 0 bridgehead atoms. The van der Waals surface area contributed by atoms with Crippen molar-refractivity contribution in [3.8, 4) is 0 Å². The van der Waals surface area contributed by atoms with E-state index in [0.29, 0.717) is 37.5 Å². The molecule has 0 saturated carbocycles. The average molecular weight is 400 g/mol. The van der Waals surface area contributed by atoms with E-state index in [1.165, 1.54) is 23.6 Å². The maximum atomic E-state index is 12.6. The van der Waals surface area contributed by atoms with Crippen molar-refractivity contribution in [2.75, 3.05) is 31.6 Å². The van der Waals surface area contributed by atoms with Crippen molar-refractivity contribution in [2.45, 2.75) is 50.5 Å². The second-order valence-corrected chi connectivity index (χ2v) is 8.88. The fourth-order valence-electron chi connectivity index (χ4n) is 2.81. The van der Waals surface area contributed by atoms with Crippen LogP contribution < -0.4 is 10.6 Å². The van der Waals surface area contributed by atoms with Gasteiger partial charge in [-0.15, -0.1) is 0 Å². The highest BCUT2D eigenvalue weighted by atomic mass is 32.2. The molecule has 1 aromatic rings. The lowest BCUT2D eigenvalue weighted by molar-refractivity contribution is 0.0730. The van der Waals surface area contributed by atoms with Crippen molar-refractivity contribution < 1.29 is 13.2 Å². The van der Waals surface area contributed by atoms with Crippen LogP contribution >= 0.6 is 12.2 Å². The van der Waals surface area contributed by atoms with Gasteiger partial charge in [-0.1, -0.05) is 26.2 Å². The highest BCUT2D eigenvalue weighted by Crippen LogP contribution is 2.19. The maximum absolute atomic E-state index is 12.6. The molecular formula is C18H29N3O3S2. The molecule has 0 unspecified atom stereocenters. The van der Waals surface area contributed by atoms with Crippen LogP contribution in [0.4, 0.5) is 5.69 Å². The van der Waals surface area contributed by atoms with Gasteiger partial charge in [0.15, 0.2) is 5.11 Å². The molecule has 0 spiro atoms. The van der Waals surface area contributed by atoms with Gasteiger partial charge in [0.25, 0.3) is 0 Å². The number of hydrogen-bond acceptors (Lipinski definition) is 4. The molecule has 1 aliphatic rings. The molecule has 1 fully saturated rings. The summed E-state index contributed by atoms with van der Waals surface area (Å²) in [6.45, 7) is 5.97. The molecule has 1 atom stereocenters. The van der Waals surface area contributed by atoms with Gasteiger partial charge in [0.05, 0.1) is 18.1 Å². The van der Waals surface area contributed by atoms with Gasteiger partial charge >= 0.3 is 0 Å². The maximum Gasteiger partial charge on any atom is 0.243 e. The molecule has 8 heteroatoms. The van der Waals surface area contributed by atoms with E-state index >= 15 is 0 Å². The van der Waals surface area contributed by atoms with Crippen LogP contribution in [0.3, 0.4) is 0 Å². The molecule has 1 heterocycles. The minimum absolute atomic E-state index is 0.289. The summed E-state index contributed by atoms with van der Waals surface area (Å²) in [4.78, 5) is 0.289. The number of unbranched alkanes of at least 4 members (excludes halogenated alkanes) is 2. The summed E-state index contributed by atoms with van der Waals surface area (Å²) >= 11 is 5.34. The molecule has 1 saturated heterocycles. The van der Waals surface area contributed by atoms with E-state index in [0.717, 1.165) is 12.1 Å². The van der Waals surface area contributed by atoms with Crippen molar-refractivity contribution in [2.24, 2.45) is 0 Å². The van der Waals surface area contributed by atoms with Crippen molar-refractivity contribution >= 4 is 33.0 Å². The minimum Gasteiger partial charge on any atom is -0.379 e. The van der Waals surface area contributed by atoms with Gasteiger partial charge < -0.3 is 15.4 Å². The first-order valence-electron chi connectivity index (χ1n) is 9.19. The summed E-state index contributed by atoms with van der Waals surface area (Å²) < 4.78 is 31.9. The lowest BCUT2D eigenvalue weighted by Gasteiger charge is -2.26. The van der Waals surface area contributed by atoms with Crippen molar-refractivity contribution in [3.05, 3.63) is 24.3 Å². The zero-order chi connectivity index (χ0) is 19.0. The molecular weight excluding hydrogens is 370 g/mol. The molecule has 0 aromatic heterocycles. The summed E-state index contributed by atoms with van der Waals surface area (Å²) in [7, 11) is -3.46. The minimum atomic E-state index is -3.46. The summed E-state index contributed by atoms with van der Waals surface area (Å²) in [5.74, 6) is 0. The van der Waals surface area contributed by atoms with Crippen LogP contribution in [-0.2, 0) is 14.8 Å². The highest BCUT2D eigenvalue weighted by Gasteiger charge is 2.26. The van der Waals surface area contributed by atoms with Gasteiger partial charge in [0.1, 0.15) is 0 Å². The first kappa shape index (κ1) is 21.1. The lowest BCUT2D eigenvalue weighted by Crippen LogP contribution is -2.40. The lowest BCUT2D eigenvalue weighted by atomic mass is 10.1. The van der Waals surface area contributed by atoms with Crippen LogP contribution in [0.2, 0.25) is 0 Å². The average Bonchev–Trinajstić information content (AvgIpc) is 2.63. The standard InChI is InChI=1S/C18H29N3O3S2/c1-3-4-5-6-15(2)19-18(25)20-16-7-9-17(10-8-16)26(22,23)21-11-13-24-14-12-21/h7-10,15H,3-6,11-14H2,1-2H3,(H2,19,20,25)/t15-/m1/s1. The Labute approximate surface area is 162 Å². The number of anilines is 1. The Hall–Kier alpha value is -1.22. The predicted octanol–water partition coefficient (Wildman–Crippen LogP) is 2.96. The number of ether oxygens (including phenoxy) is 1. The Morgan fingerprint density at radius 1 is 1.23 bits per heavy atom. The number of benzene rings is 1. The molecule has 146 valence electrons. The number of nitrogens with zero attached hydrogens (tertiary/aromatic N) is 1. The van der Waals surface area contributed by atoms with Crippen molar-refractivity contribution in [3.63, 3.8) is 0 Å². The fourth-order valence-corrected chi connectivity index (χ4v) is 4.54. The van der Waals surface area contributed by atoms with Crippen LogP contribution in [-0.4, -0.2) is 50.2 Å². The molecule has 26 heavy (non-hydrogen) atoms. The van der Waals surface area contributed by atoms with Crippen LogP contribution in [0.1, 0.15) is 39.5 Å². The smallest absolute Gasteiger partial charge is 0.243 e. The first-order valence-corrected chi connectivity index (χ1v) is 11.0. The highest BCUT2D eigenvalue weighted by molar-refractivity contribution is 7.89. The summed E-state index contributed by atoms with van der Waals surface area (Å²) in [6, 6.07) is 7.01. The van der Waals surface area contributed by atoms with E-state index in [9.17, 15) is 8.42 Å². The van der Waals surface area contributed by atoms with Gasteiger partial charge in [-0.05, 0) is 49.8 Å². The Bertz CT molecular complexity index is 671. The van der Waals surface area contributed by atoms with E-state index < -0.39 is 10.0 Å². The molecule has 0 radical (unpaired) electrons. The SMILES string of the molecule is CCCCC[C@@H](C)NC(=S)Nc1ccc(S(=O)(=O)N2CCOCC2)cc1. The zero-order valence-electron chi connectivity index (χ0n) is 15.5. The third kappa shape index (κ3) is 6.19. The van der Waals surface area contributed by atoms with E-state index in [4.69, 9.17) is 17.0 Å². The topological polar surface area (TPSA) is 70.7 Å². The number of morpholine rings is 1. The van der Waals surface area contributed by atoms with E-state index in [2.05, 4.69) is 24.5 Å². The van der Waals surface area contributed by atoms with Gasteiger partial charge in [0.2, 0.25) is 10.0 Å². The van der Waals surface area contributed by atoms with Crippen molar-refractivity contribution in [1.82, 2.24) is 9.62 Å². The van der Waals surface area contributed by atoms with Gasteiger partial charge in [-0.2, -0.15) is 4.31 Å². The molecule has 6 nitrogen and oxygen atoms in total. The summed E-state index contributed by atoms with van der Waals surface area (Å²) in [5, 5.41) is 6.93. The van der Waals surface area contributed by atoms with E-state index in [1.54, 1.807) is 24.3 Å². The second kappa shape index (κ2) is 10.2. The number of thiocarbonyl (C=S) groups is 1. The van der Waals surface area contributed by atoms with Crippen LogP contribution in [0.25, 0.3) is 0 Å². The van der Waals surface area contributed by atoms with E-state index in [-0.39, 0.29) is 4.90 Å². The van der Waals surface area contributed by atoms with Crippen LogP contribution in [0.15, 0.2) is 29.2 Å². The van der Waals surface area contributed by atoms with Gasteiger partial charge in [-0.25, -0.2) is 8.42 Å². The number of nitrogens with one attached hydrogen (secondary N) is 2. The van der Waals surface area contributed by atoms with E-state index in [1.807, 2.05) is 0 Å². The zero-order valence-corrected chi connectivity index (χ0v) is 17.2. The fraction of sp³-hybridized carbons (Fsp3) is 0.611. The Kier molecular flexibility index (Phi) is 8.27. The monoisotopic (exact) mass is 399 g/mol. The molecule has 1 aliphatic heterocycles. The predicted molar refractivity (Wildman–Crippen MR) is 109 cm³/mol. The Morgan fingerprint density at radius 2 is 1.88 bits per heavy atom. The molecule has 0 aliphatic carbocycles. The summed E-state index contributed by atoms with van der Waals surface area (Å²) in [5.41, 5.74) is 0.768.